The zero-order valence-corrected chi connectivity index (χ0v) is 27.1. The molecule has 0 bridgehead atoms. The molecular weight excluding hydrogens is 644 g/mol. The molecule has 0 radical (unpaired) electrons. The molecule has 1 aliphatic rings. The van der Waals surface area contributed by atoms with E-state index in [1.165, 1.54) is 41.9 Å². The molecule has 10 nitrogen and oxygen atoms in total. The van der Waals surface area contributed by atoms with Gasteiger partial charge in [-0.1, -0.05) is 47.7 Å². The zero-order valence-electron chi connectivity index (χ0n) is 25.5. The quantitative estimate of drug-likeness (QED) is 0.112. The first-order valence-corrected chi connectivity index (χ1v) is 16.7. The number of amides is 1. The highest BCUT2D eigenvalue weighted by atomic mass is 32.1. The molecule has 47 heavy (non-hydrogen) atoms. The highest BCUT2D eigenvalue weighted by Crippen LogP contribution is 2.34. The fourth-order valence-corrected chi connectivity index (χ4v) is 7.48. The summed E-state index contributed by atoms with van der Waals surface area (Å²) in [4.78, 5) is 49.1. The van der Waals surface area contributed by atoms with Crippen LogP contribution >= 0.6 is 22.7 Å². The Morgan fingerprint density at radius 1 is 1.02 bits per heavy atom. The minimum absolute atomic E-state index is 0.0434. The zero-order chi connectivity index (χ0) is 32.9. The van der Waals surface area contributed by atoms with E-state index in [0.717, 1.165) is 21.3 Å². The molecule has 2 N–H and O–H groups in total. The molecule has 0 atom stereocenters. The van der Waals surface area contributed by atoms with Gasteiger partial charge in [0.2, 0.25) is 0 Å². The van der Waals surface area contributed by atoms with Crippen LogP contribution in [0.3, 0.4) is 0 Å². The van der Waals surface area contributed by atoms with Crippen molar-refractivity contribution < 1.29 is 33.4 Å². The van der Waals surface area contributed by atoms with Gasteiger partial charge < -0.3 is 19.5 Å². The number of carboxylic acids is 1. The number of carbonyl (C=O) groups is 3. The predicted molar refractivity (Wildman–Crippen MR) is 178 cm³/mol. The Kier molecular flexibility index (Phi) is 9.73. The maximum absolute atomic E-state index is 14.5. The number of carbonyl (C=O) groups excluding carboxylic acids is 2. The highest BCUT2D eigenvalue weighted by molar-refractivity contribution is 7.22. The van der Waals surface area contributed by atoms with Crippen LogP contribution in [0.1, 0.15) is 55.3 Å². The molecule has 13 heteroatoms. The number of para-hydroxylation sites is 2. The molecule has 0 saturated carbocycles. The van der Waals surface area contributed by atoms with E-state index in [2.05, 4.69) is 20.2 Å². The number of benzene rings is 3. The number of thiazole rings is 2. The number of fused-ring (bicyclic) bond motifs is 2. The fraction of sp³-hybridized carbons (Fsp3) is 0.265. The van der Waals surface area contributed by atoms with Gasteiger partial charge in [-0.2, -0.15) is 0 Å². The Morgan fingerprint density at radius 2 is 1.85 bits per heavy atom. The van der Waals surface area contributed by atoms with Crippen LogP contribution in [-0.2, 0) is 35.3 Å². The summed E-state index contributed by atoms with van der Waals surface area (Å²) in [5.41, 5.74) is 4.06. The summed E-state index contributed by atoms with van der Waals surface area (Å²) in [7, 11) is 1.30. The first kappa shape index (κ1) is 32.1. The molecule has 3 aromatic carbocycles. The molecule has 242 valence electrons. The van der Waals surface area contributed by atoms with Gasteiger partial charge in [0.05, 0.1) is 23.9 Å². The second-order valence-corrected chi connectivity index (χ2v) is 13.0. The van der Waals surface area contributed by atoms with Crippen molar-refractivity contribution in [2.75, 3.05) is 30.5 Å². The number of hydrogen-bond acceptors (Lipinski definition) is 10. The van der Waals surface area contributed by atoms with Gasteiger partial charge in [0.15, 0.2) is 27.5 Å². The number of ether oxygens (including phenoxy) is 2. The minimum atomic E-state index is -0.974. The van der Waals surface area contributed by atoms with Crippen LogP contribution in [0.5, 0.6) is 5.75 Å². The summed E-state index contributed by atoms with van der Waals surface area (Å²) < 4.78 is 26.3. The maximum atomic E-state index is 14.5. The van der Waals surface area contributed by atoms with Crippen LogP contribution in [0, 0.1) is 5.82 Å². The number of aliphatic carboxylic acids is 1. The Morgan fingerprint density at radius 3 is 2.66 bits per heavy atom. The highest BCUT2D eigenvalue weighted by Gasteiger charge is 2.27. The molecular formula is C34H31FN4O6S2. The number of aromatic nitrogens is 2. The van der Waals surface area contributed by atoms with Gasteiger partial charge >= 0.3 is 11.9 Å². The first-order valence-electron chi connectivity index (χ1n) is 15.0. The van der Waals surface area contributed by atoms with Crippen LogP contribution in [0.25, 0.3) is 10.2 Å². The number of aryl methyl sites for hydroxylation is 2. The lowest BCUT2D eigenvalue weighted by atomic mass is 9.94. The largest absolute Gasteiger partial charge is 0.490 e. The smallest absolute Gasteiger partial charge is 0.357 e. The van der Waals surface area contributed by atoms with Crippen molar-refractivity contribution in [3.63, 3.8) is 0 Å². The van der Waals surface area contributed by atoms with E-state index >= 15 is 0 Å². The summed E-state index contributed by atoms with van der Waals surface area (Å²) in [5, 5.41) is 13.2. The van der Waals surface area contributed by atoms with Gasteiger partial charge in [-0.15, -0.1) is 11.3 Å². The third kappa shape index (κ3) is 7.26. The Labute approximate surface area is 277 Å². The van der Waals surface area contributed by atoms with Crippen molar-refractivity contribution >= 4 is 61.0 Å². The summed E-state index contributed by atoms with van der Waals surface area (Å²) >= 11 is 2.80. The molecule has 2 aromatic heterocycles. The molecule has 3 heterocycles. The third-order valence-corrected chi connectivity index (χ3v) is 9.95. The number of hydrogen-bond donors (Lipinski definition) is 2. The number of nitrogens with one attached hydrogen (secondary N) is 1. The van der Waals surface area contributed by atoms with Gasteiger partial charge in [0.1, 0.15) is 0 Å². The van der Waals surface area contributed by atoms with Crippen molar-refractivity contribution in [1.29, 1.82) is 0 Å². The van der Waals surface area contributed by atoms with Crippen LogP contribution in [0.15, 0.2) is 60.7 Å². The van der Waals surface area contributed by atoms with E-state index in [4.69, 9.17) is 14.6 Å². The Hall–Kier alpha value is -4.88. The van der Waals surface area contributed by atoms with E-state index in [1.807, 2.05) is 36.4 Å². The number of carboxylic acid groups (broad SMARTS) is 1. The van der Waals surface area contributed by atoms with Crippen molar-refractivity contribution in [3.8, 4) is 5.75 Å². The van der Waals surface area contributed by atoms with E-state index < -0.39 is 17.8 Å². The van der Waals surface area contributed by atoms with Crippen molar-refractivity contribution in [1.82, 2.24) is 9.97 Å². The van der Waals surface area contributed by atoms with Crippen molar-refractivity contribution in [2.24, 2.45) is 0 Å². The average molecular weight is 675 g/mol. The topological polar surface area (TPSA) is 131 Å². The van der Waals surface area contributed by atoms with Gasteiger partial charge in [0, 0.05) is 30.0 Å². The van der Waals surface area contributed by atoms with Gasteiger partial charge in [-0.05, 0) is 66.6 Å². The summed E-state index contributed by atoms with van der Waals surface area (Å²) in [6, 6.07) is 17.9. The summed E-state index contributed by atoms with van der Waals surface area (Å²) in [6.45, 7) is 1.24. The third-order valence-electron chi connectivity index (χ3n) is 7.82. The summed E-state index contributed by atoms with van der Waals surface area (Å²) in [6.07, 6.45) is 1.60. The minimum Gasteiger partial charge on any atom is -0.490 e. The van der Waals surface area contributed by atoms with Crippen molar-refractivity contribution in [3.05, 3.63) is 99.3 Å². The lowest BCUT2D eigenvalue weighted by Gasteiger charge is -2.29. The average Bonchev–Trinajstić information content (AvgIpc) is 3.69. The van der Waals surface area contributed by atoms with Crippen LogP contribution in [-0.4, -0.2) is 53.2 Å². The molecule has 0 unspecified atom stereocenters. The monoisotopic (exact) mass is 674 g/mol. The van der Waals surface area contributed by atoms with Crippen LogP contribution in [0.4, 0.5) is 14.7 Å². The molecule has 0 aliphatic carbocycles. The van der Waals surface area contributed by atoms with Gasteiger partial charge in [-0.3, -0.25) is 14.9 Å². The molecule has 0 saturated heterocycles. The number of halogens is 1. The molecule has 6 rings (SSSR count). The lowest BCUT2D eigenvalue weighted by Crippen LogP contribution is -2.32. The number of esters is 1. The molecule has 0 spiro atoms. The first-order chi connectivity index (χ1) is 22.8. The number of nitrogens with zero attached hydrogens (tertiary/aromatic N) is 3. The van der Waals surface area contributed by atoms with Crippen LogP contribution in [0.2, 0.25) is 0 Å². The number of anilines is 2. The van der Waals surface area contributed by atoms with Crippen LogP contribution < -0.4 is 15.0 Å². The number of methoxy groups -OCH3 is 1. The molecule has 1 amide bonds. The Bertz CT molecular complexity index is 1930. The van der Waals surface area contributed by atoms with Gasteiger partial charge in [-0.25, -0.2) is 19.2 Å². The SMILES string of the molecule is COC(=O)c1nc(N2CCc3cccc(C(=O)Nc4nc5ccccc5s4)c3C2)sc1CCCOc1c(F)cccc1CCC(=O)O. The van der Waals surface area contributed by atoms with E-state index in [-0.39, 0.29) is 36.8 Å². The van der Waals surface area contributed by atoms with Gasteiger partial charge in [0.25, 0.3) is 5.91 Å². The standard InChI is InChI=1S/C34H31FN4O6S2/c1-44-32(43)29-27(13-6-18-45-30-21(14-15-28(40)41)8-5-10-24(30)35)47-34(37-29)39-17-16-20-7-4-9-22(23(20)19-39)31(42)38-33-36-25-11-2-3-12-26(25)46-33/h2-5,7-12H,6,13-19H2,1H3,(H,40,41)(H,36,38,42). The Balaban J connectivity index is 1.15. The fourth-order valence-electron chi connectivity index (χ4n) is 5.51. The normalized spacial score (nSPS) is 12.5. The van der Waals surface area contributed by atoms with E-state index in [9.17, 15) is 18.8 Å². The second-order valence-electron chi connectivity index (χ2n) is 10.9. The lowest BCUT2D eigenvalue weighted by molar-refractivity contribution is -0.136. The van der Waals surface area contributed by atoms with E-state index in [0.29, 0.717) is 58.6 Å². The summed E-state index contributed by atoms with van der Waals surface area (Å²) in [5.74, 6) is -2.28. The van der Waals surface area contributed by atoms with Crippen molar-refractivity contribution in [2.45, 2.75) is 38.6 Å². The molecule has 5 aromatic rings. The number of rotatable bonds is 12. The second kappa shape index (κ2) is 14.3. The maximum Gasteiger partial charge on any atom is 0.357 e. The predicted octanol–water partition coefficient (Wildman–Crippen LogP) is 6.52. The van der Waals surface area contributed by atoms with E-state index in [1.54, 1.807) is 12.1 Å². The molecule has 0 fully saturated rings. The molecule has 1 aliphatic heterocycles.